The van der Waals surface area contributed by atoms with Gasteiger partial charge in [0.25, 0.3) is 5.56 Å². The number of nitrogens with one attached hydrogen (secondary N) is 1. The number of nitrogens with zero attached hydrogens (tertiary/aromatic N) is 2. The van der Waals surface area contributed by atoms with Gasteiger partial charge in [0.05, 0.1) is 25.6 Å². The molecule has 0 saturated heterocycles. The lowest BCUT2D eigenvalue weighted by atomic mass is 9.93. The SMILES string of the molecule is CCCCC(CC)C(=O)CC.CCc1c(OC)cc(-c2cn(C)c(=O)c3c2=CC(N(C)C)NC=3)cc1OC. The first-order valence-corrected chi connectivity index (χ1v) is 13.8. The summed E-state index contributed by atoms with van der Waals surface area (Å²) >= 11 is 0. The number of carbonyl (C=O) groups is 1. The van der Waals surface area contributed by atoms with Crippen LogP contribution in [0.1, 0.15) is 65.4 Å². The number of pyridine rings is 1. The van der Waals surface area contributed by atoms with Crippen LogP contribution in [0, 0.1) is 5.92 Å². The summed E-state index contributed by atoms with van der Waals surface area (Å²) in [6.07, 6.45) is 11.8. The minimum absolute atomic E-state index is 0.0158. The highest BCUT2D eigenvalue weighted by atomic mass is 16.5. The second-order valence-corrected chi connectivity index (χ2v) is 9.95. The number of ketones is 1. The molecule has 210 valence electrons. The third kappa shape index (κ3) is 7.28. The van der Waals surface area contributed by atoms with Gasteiger partial charge in [0.1, 0.15) is 17.3 Å². The quantitative estimate of drug-likeness (QED) is 0.481. The third-order valence-electron chi connectivity index (χ3n) is 7.21. The van der Waals surface area contributed by atoms with Crippen molar-refractivity contribution in [2.75, 3.05) is 28.3 Å². The molecule has 2 heterocycles. The van der Waals surface area contributed by atoms with Crippen molar-refractivity contribution in [2.45, 2.75) is 72.4 Å². The summed E-state index contributed by atoms with van der Waals surface area (Å²) < 4.78 is 12.8. The van der Waals surface area contributed by atoms with Gasteiger partial charge in [-0.3, -0.25) is 14.5 Å². The second kappa shape index (κ2) is 14.8. The number of rotatable bonds is 11. The molecule has 1 aromatic heterocycles. The molecular weight excluding hydrogens is 478 g/mol. The first kappa shape index (κ1) is 31.2. The van der Waals surface area contributed by atoms with Crippen LogP contribution in [0.15, 0.2) is 23.1 Å². The maximum atomic E-state index is 12.6. The fourth-order valence-corrected chi connectivity index (χ4v) is 4.81. The van der Waals surface area contributed by atoms with E-state index >= 15 is 0 Å². The van der Waals surface area contributed by atoms with Crippen molar-refractivity contribution in [3.8, 4) is 22.6 Å². The minimum atomic E-state index is -0.0289. The molecule has 0 saturated carbocycles. The third-order valence-corrected chi connectivity index (χ3v) is 7.21. The van der Waals surface area contributed by atoms with Crippen molar-refractivity contribution in [1.29, 1.82) is 0 Å². The molecule has 7 heteroatoms. The van der Waals surface area contributed by atoms with E-state index in [2.05, 4.69) is 37.1 Å². The molecule has 0 aliphatic carbocycles. The molecule has 7 nitrogen and oxygen atoms in total. The summed E-state index contributed by atoms with van der Waals surface area (Å²) in [7, 11) is 9.10. The molecule has 1 aliphatic rings. The number of hydrogen-bond acceptors (Lipinski definition) is 6. The van der Waals surface area contributed by atoms with Crippen LogP contribution >= 0.6 is 0 Å². The number of methoxy groups -OCH3 is 2. The summed E-state index contributed by atoms with van der Waals surface area (Å²) in [5.41, 5.74) is 2.93. The average molecular weight is 526 g/mol. The van der Waals surface area contributed by atoms with Crippen LogP contribution in [0.25, 0.3) is 23.4 Å². The van der Waals surface area contributed by atoms with Crippen molar-refractivity contribution in [3.05, 3.63) is 44.7 Å². The van der Waals surface area contributed by atoms with E-state index in [1.165, 1.54) is 12.8 Å². The number of hydrogen-bond donors (Lipinski definition) is 1. The molecule has 0 spiro atoms. The Hall–Kier alpha value is -3.06. The van der Waals surface area contributed by atoms with Crippen LogP contribution in [0.3, 0.4) is 0 Å². The lowest BCUT2D eigenvalue weighted by molar-refractivity contribution is -0.122. The molecule has 1 aromatic carbocycles. The van der Waals surface area contributed by atoms with Gasteiger partial charge in [0.2, 0.25) is 0 Å². The summed E-state index contributed by atoms with van der Waals surface area (Å²) in [5, 5.41) is 4.85. The molecule has 1 N–H and O–H groups in total. The smallest absolute Gasteiger partial charge is 0.259 e. The van der Waals surface area contributed by atoms with Gasteiger partial charge in [-0.25, -0.2) is 0 Å². The predicted molar refractivity (Wildman–Crippen MR) is 157 cm³/mol. The van der Waals surface area contributed by atoms with E-state index in [4.69, 9.17) is 9.47 Å². The maximum Gasteiger partial charge on any atom is 0.259 e. The Morgan fingerprint density at radius 3 is 2.18 bits per heavy atom. The highest BCUT2D eigenvalue weighted by Gasteiger charge is 2.17. The topological polar surface area (TPSA) is 72.8 Å². The Labute approximate surface area is 228 Å². The largest absolute Gasteiger partial charge is 0.496 e. The number of fused-ring (bicyclic) bond motifs is 1. The van der Waals surface area contributed by atoms with E-state index in [0.29, 0.717) is 23.3 Å². The number of carbonyl (C=O) groups excluding carboxylic acids is 1. The van der Waals surface area contributed by atoms with Crippen molar-refractivity contribution >= 4 is 18.1 Å². The Morgan fingerprint density at radius 2 is 1.71 bits per heavy atom. The minimum Gasteiger partial charge on any atom is -0.496 e. The molecule has 3 rings (SSSR count). The van der Waals surface area contributed by atoms with Crippen LogP contribution in [0.4, 0.5) is 0 Å². The lowest BCUT2D eigenvalue weighted by Gasteiger charge is -2.24. The average Bonchev–Trinajstić information content (AvgIpc) is 2.94. The maximum absolute atomic E-state index is 12.6. The second-order valence-electron chi connectivity index (χ2n) is 9.95. The normalized spacial score (nSPS) is 14.7. The number of benzene rings is 1. The Morgan fingerprint density at radius 1 is 1.08 bits per heavy atom. The summed E-state index contributed by atoms with van der Waals surface area (Å²) in [5.74, 6) is 2.37. The molecule has 0 fully saturated rings. The van der Waals surface area contributed by atoms with E-state index in [1.54, 1.807) is 32.0 Å². The number of aryl methyl sites for hydroxylation is 1. The van der Waals surface area contributed by atoms with E-state index in [1.807, 2.05) is 39.3 Å². The first-order valence-electron chi connectivity index (χ1n) is 13.8. The molecule has 0 amide bonds. The number of unbranched alkanes of at least 4 members (excludes halogenated alkanes) is 1. The van der Waals surface area contributed by atoms with E-state index < -0.39 is 0 Å². The zero-order chi connectivity index (χ0) is 28.4. The van der Waals surface area contributed by atoms with Crippen LogP contribution in [-0.4, -0.2) is 49.7 Å². The summed E-state index contributed by atoms with van der Waals surface area (Å²) in [6, 6.07) is 4.03. The molecule has 38 heavy (non-hydrogen) atoms. The number of aromatic nitrogens is 1. The van der Waals surface area contributed by atoms with Crippen LogP contribution in [-0.2, 0) is 18.3 Å². The molecule has 1 aliphatic heterocycles. The van der Waals surface area contributed by atoms with Gasteiger partial charge in [-0.1, -0.05) is 40.5 Å². The predicted octanol–water partition coefficient (Wildman–Crippen LogP) is 3.82. The Balaban J connectivity index is 0.000000391. The van der Waals surface area contributed by atoms with Crippen molar-refractivity contribution < 1.29 is 14.3 Å². The molecule has 0 radical (unpaired) electrons. The van der Waals surface area contributed by atoms with Crippen LogP contribution in [0.2, 0.25) is 0 Å². The van der Waals surface area contributed by atoms with Gasteiger partial charge in [-0.15, -0.1) is 0 Å². The molecular formula is C31H47N3O4. The van der Waals surface area contributed by atoms with Crippen LogP contribution < -0.4 is 30.8 Å². The van der Waals surface area contributed by atoms with Crippen molar-refractivity contribution in [1.82, 2.24) is 14.8 Å². The molecule has 2 unspecified atom stereocenters. The highest BCUT2D eigenvalue weighted by Crippen LogP contribution is 2.34. The summed E-state index contributed by atoms with van der Waals surface area (Å²) in [4.78, 5) is 25.9. The fourth-order valence-electron chi connectivity index (χ4n) is 4.81. The fraction of sp³-hybridized carbons (Fsp3) is 0.548. The van der Waals surface area contributed by atoms with Crippen molar-refractivity contribution in [3.63, 3.8) is 0 Å². The number of ether oxygens (including phenoxy) is 2. The summed E-state index contributed by atoms with van der Waals surface area (Å²) in [6.45, 7) is 8.30. The van der Waals surface area contributed by atoms with Gasteiger partial charge in [-0.05, 0) is 62.3 Å². The van der Waals surface area contributed by atoms with Gasteiger partial charge in [-0.2, -0.15) is 0 Å². The van der Waals surface area contributed by atoms with Crippen LogP contribution in [0.5, 0.6) is 11.5 Å². The Kier molecular flexibility index (Phi) is 12.1. The van der Waals surface area contributed by atoms with E-state index in [-0.39, 0.29) is 11.7 Å². The van der Waals surface area contributed by atoms with Gasteiger partial charge >= 0.3 is 0 Å². The van der Waals surface area contributed by atoms with Gasteiger partial charge in [0.15, 0.2) is 0 Å². The van der Waals surface area contributed by atoms with E-state index in [9.17, 15) is 9.59 Å². The van der Waals surface area contributed by atoms with E-state index in [0.717, 1.165) is 52.7 Å². The molecule has 2 atom stereocenters. The molecule has 2 aromatic rings. The first-order chi connectivity index (χ1) is 18.2. The van der Waals surface area contributed by atoms with Gasteiger partial charge in [0, 0.05) is 42.9 Å². The van der Waals surface area contributed by atoms with Gasteiger partial charge < -0.3 is 19.4 Å². The van der Waals surface area contributed by atoms with Crippen molar-refractivity contribution in [2.24, 2.45) is 13.0 Å². The molecule has 0 bridgehead atoms. The number of Topliss-reactive ketones (excluding diaryl/α,β-unsaturated/α-hetero) is 1. The zero-order valence-corrected chi connectivity index (χ0v) is 24.8. The monoisotopic (exact) mass is 525 g/mol. The highest BCUT2D eigenvalue weighted by molar-refractivity contribution is 5.80. The lowest BCUT2D eigenvalue weighted by Crippen LogP contribution is -2.53. The standard InChI is InChI=1S/C21H27N3O3.C10H20O/c1-7-14-18(26-5)8-13(9-19(14)27-6)17-12-24(4)21(25)16-11-22-20(23(2)3)10-15(16)17;1-4-7-8-9(5-2)10(11)6-3/h8-12,20,22H,7H2,1-6H3;9H,4-8H2,1-3H3. The Bertz CT molecular complexity index is 1240. The zero-order valence-electron chi connectivity index (χ0n) is 24.8.